The third-order valence-electron chi connectivity index (χ3n) is 3.07. The molecule has 0 spiro atoms. The molecule has 0 saturated carbocycles. The van der Waals surface area contributed by atoms with Crippen molar-refractivity contribution in [2.24, 2.45) is 0 Å². The number of anilines is 1. The van der Waals surface area contributed by atoms with Gasteiger partial charge in [-0.1, -0.05) is 29.3 Å². The fourth-order valence-corrected chi connectivity index (χ4v) is 2.59. The second-order valence-electron chi connectivity index (χ2n) is 5.25. The first kappa shape index (κ1) is 18.2. The highest BCUT2D eigenvalue weighted by Gasteiger charge is 2.17. The first-order valence-electron chi connectivity index (χ1n) is 6.96. The molecular formula is C17H14Cl2FNO3. The van der Waals surface area contributed by atoms with Gasteiger partial charge in [0.25, 0.3) is 5.91 Å². The highest BCUT2D eigenvalue weighted by Crippen LogP contribution is 2.25. The lowest BCUT2D eigenvalue weighted by atomic mass is 10.1. The molecule has 126 valence electrons. The van der Waals surface area contributed by atoms with Crippen LogP contribution in [0, 0.1) is 19.7 Å². The zero-order chi connectivity index (χ0) is 17.9. The lowest BCUT2D eigenvalue weighted by Gasteiger charge is -2.09. The van der Waals surface area contributed by atoms with E-state index in [0.717, 1.165) is 23.3 Å². The largest absolute Gasteiger partial charge is 0.452 e. The van der Waals surface area contributed by atoms with Crippen molar-refractivity contribution in [1.82, 2.24) is 0 Å². The van der Waals surface area contributed by atoms with Crippen molar-refractivity contribution in [3.05, 3.63) is 62.9 Å². The first-order valence-corrected chi connectivity index (χ1v) is 7.71. The van der Waals surface area contributed by atoms with E-state index in [1.54, 1.807) is 12.1 Å². The molecule has 0 aliphatic rings. The number of amides is 1. The van der Waals surface area contributed by atoms with Crippen molar-refractivity contribution < 1.29 is 18.7 Å². The van der Waals surface area contributed by atoms with Crippen molar-refractivity contribution in [3.63, 3.8) is 0 Å². The summed E-state index contributed by atoms with van der Waals surface area (Å²) in [7, 11) is 0. The summed E-state index contributed by atoms with van der Waals surface area (Å²) in [6, 6.07) is 7.52. The molecule has 0 unspecified atom stereocenters. The van der Waals surface area contributed by atoms with E-state index in [1.807, 2.05) is 19.9 Å². The van der Waals surface area contributed by atoms with Crippen molar-refractivity contribution in [2.45, 2.75) is 13.8 Å². The van der Waals surface area contributed by atoms with E-state index in [9.17, 15) is 14.0 Å². The number of hydrogen-bond donors (Lipinski definition) is 1. The van der Waals surface area contributed by atoms with Gasteiger partial charge in [0.15, 0.2) is 6.61 Å². The van der Waals surface area contributed by atoms with Gasteiger partial charge in [0.1, 0.15) is 5.82 Å². The third-order valence-corrected chi connectivity index (χ3v) is 3.67. The average Bonchev–Trinajstić information content (AvgIpc) is 2.47. The van der Waals surface area contributed by atoms with Crippen LogP contribution in [-0.4, -0.2) is 18.5 Å². The molecule has 2 aromatic rings. The topological polar surface area (TPSA) is 55.4 Å². The van der Waals surface area contributed by atoms with E-state index in [2.05, 4.69) is 5.32 Å². The lowest BCUT2D eigenvalue weighted by molar-refractivity contribution is -0.119. The van der Waals surface area contributed by atoms with Crippen molar-refractivity contribution >= 4 is 40.8 Å². The highest BCUT2D eigenvalue weighted by molar-refractivity contribution is 6.36. The number of benzene rings is 2. The molecule has 0 radical (unpaired) electrons. The smallest absolute Gasteiger partial charge is 0.340 e. The van der Waals surface area contributed by atoms with E-state index in [1.165, 1.54) is 0 Å². The minimum absolute atomic E-state index is 0.0545. The summed E-state index contributed by atoms with van der Waals surface area (Å²) in [4.78, 5) is 23.8. The first-order chi connectivity index (χ1) is 11.3. The van der Waals surface area contributed by atoms with Gasteiger partial charge >= 0.3 is 5.97 Å². The van der Waals surface area contributed by atoms with Gasteiger partial charge in [0.05, 0.1) is 15.6 Å². The molecule has 4 nitrogen and oxygen atoms in total. The van der Waals surface area contributed by atoms with Crippen LogP contribution in [0.2, 0.25) is 10.0 Å². The van der Waals surface area contributed by atoms with Gasteiger partial charge in [-0.2, -0.15) is 0 Å². The molecule has 0 aromatic heterocycles. The second-order valence-corrected chi connectivity index (χ2v) is 6.06. The Balaban J connectivity index is 1.98. The second kappa shape index (κ2) is 7.64. The molecular weight excluding hydrogens is 356 g/mol. The number of carbonyl (C=O) groups excluding carboxylic acids is 2. The minimum Gasteiger partial charge on any atom is -0.452 e. The maximum atomic E-state index is 13.4. The summed E-state index contributed by atoms with van der Waals surface area (Å²) in [6.07, 6.45) is 0. The van der Waals surface area contributed by atoms with Gasteiger partial charge in [-0.3, -0.25) is 4.79 Å². The molecule has 1 N–H and O–H groups in total. The maximum absolute atomic E-state index is 13.4. The van der Waals surface area contributed by atoms with Gasteiger partial charge in [0, 0.05) is 5.69 Å². The monoisotopic (exact) mass is 369 g/mol. The standard InChI is InChI=1S/C17H14Cl2FNO3/c1-9-3-10(2)5-11(4-9)21-16(22)8-24-17(23)12-6-15(20)14(19)7-13(12)18/h3-7H,8H2,1-2H3,(H,21,22). The summed E-state index contributed by atoms with van der Waals surface area (Å²) in [5, 5.41) is 2.36. The summed E-state index contributed by atoms with van der Waals surface area (Å²) in [5.41, 5.74) is 2.39. The van der Waals surface area contributed by atoms with Gasteiger partial charge in [-0.25, -0.2) is 9.18 Å². The van der Waals surface area contributed by atoms with E-state index in [4.69, 9.17) is 27.9 Å². The van der Waals surface area contributed by atoms with Crippen molar-refractivity contribution in [1.29, 1.82) is 0 Å². The summed E-state index contributed by atoms with van der Waals surface area (Å²) in [5.74, 6) is -2.22. The Bertz CT molecular complexity index is 788. The molecule has 1 amide bonds. The number of carbonyl (C=O) groups is 2. The molecule has 0 atom stereocenters. The Morgan fingerprint density at radius 3 is 2.29 bits per heavy atom. The Labute approximate surface area is 148 Å². The normalized spacial score (nSPS) is 10.4. The molecule has 0 bridgehead atoms. The number of halogens is 3. The van der Waals surface area contributed by atoms with Gasteiger partial charge in [-0.05, 0) is 49.2 Å². The summed E-state index contributed by atoms with van der Waals surface area (Å²) in [6.45, 7) is 3.28. The van der Waals surface area contributed by atoms with E-state index >= 15 is 0 Å². The van der Waals surface area contributed by atoms with E-state index in [-0.39, 0.29) is 15.6 Å². The molecule has 0 fully saturated rings. The van der Waals surface area contributed by atoms with Gasteiger partial charge < -0.3 is 10.1 Å². The molecule has 0 heterocycles. The number of esters is 1. The Morgan fingerprint density at radius 1 is 1.04 bits per heavy atom. The highest BCUT2D eigenvalue weighted by atomic mass is 35.5. The number of aryl methyl sites for hydroxylation is 2. The van der Waals surface area contributed by atoms with Crippen LogP contribution in [0.3, 0.4) is 0 Å². The van der Waals surface area contributed by atoms with Crippen molar-refractivity contribution in [3.8, 4) is 0 Å². The van der Waals surface area contributed by atoms with Gasteiger partial charge in [-0.15, -0.1) is 0 Å². The van der Waals surface area contributed by atoms with Crippen LogP contribution in [-0.2, 0) is 9.53 Å². The van der Waals surface area contributed by atoms with E-state index < -0.39 is 24.3 Å². The van der Waals surface area contributed by atoms with Crippen LogP contribution in [0.25, 0.3) is 0 Å². The Kier molecular flexibility index (Phi) is 5.80. The fraction of sp³-hybridized carbons (Fsp3) is 0.176. The van der Waals surface area contributed by atoms with Crippen LogP contribution < -0.4 is 5.32 Å². The molecule has 0 aliphatic heterocycles. The molecule has 24 heavy (non-hydrogen) atoms. The van der Waals surface area contributed by atoms with Crippen LogP contribution in [0.5, 0.6) is 0 Å². The number of nitrogens with one attached hydrogen (secondary N) is 1. The van der Waals surface area contributed by atoms with Gasteiger partial charge in [0.2, 0.25) is 0 Å². The minimum atomic E-state index is -0.911. The maximum Gasteiger partial charge on any atom is 0.340 e. The number of hydrogen-bond acceptors (Lipinski definition) is 3. The van der Waals surface area contributed by atoms with Crippen LogP contribution in [0.15, 0.2) is 30.3 Å². The van der Waals surface area contributed by atoms with Crippen LogP contribution in [0.4, 0.5) is 10.1 Å². The quantitative estimate of drug-likeness (QED) is 0.635. The fourth-order valence-electron chi connectivity index (χ4n) is 2.13. The van der Waals surface area contributed by atoms with E-state index in [0.29, 0.717) is 5.69 Å². The summed E-state index contributed by atoms with van der Waals surface area (Å²) >= 11 is 11.4. The predicted molar refractivity (Wildman–Crippen MR) is 91.2 cm³/mol. The molecule has 0 aliphatic carbocycles. The number of rotatable bonds is 4. The molecule has 2 aromatic carbocycles. The van der Waals surface area contributed by atoms with Crippen molar-refractivity contribution in [2.75, 3.05) is 11.9 Å². The summed E-state index contributed by atoms with van der Waals surface area (Å²) < 4.78 is 18.3. The Hall–Kier alpha value is -2.11. The SMILES string of the molecule is Cc1cc(C)cc(NC(=O)COC(=O)c2cc(F)c(Cl)cc2Cl)c1. The third kappa shape index (κ3) is 4.69. The lowest BCUT2D eigenvalue weighted by Crippen LogP contribution is -2.21. The average molecular weight is 370 g/mol. The number of ether oxygens (including phenoxy) is 1. The zero-order valence-corrected chi connectivity index (χ0v) is 14.5. The Morgan fingerprint density at radius 2 is 1.67 bits per heavy atom. The van der Waals surface area contributed by atoms with Crippen LogP contribution >= 0.6 is 23.2 Å². The molecule has 2 rings (SSSR count). The predicted octanol–water partition coefficient (Wildman–Crippen LogP) is 4.54. The zero-order valence-electron chi connectivity index (χ0n) is 13.0. The van der Waals surface area contributed by atoms with Crippen LogP contribution in [0.1, 0.15) is 21.5 Å². The molecule has 7 heteroatoms. The molecule has 0 saturated heterocycles.